The first-order valence-electron chi connectivity index (χ1n) is 6.86. The van der Waals surface area contributed by atoms with Crippen molar-refractivity contribution in [1.29, 1.82) is 0 Å². The van der Waals surface area contributed by atoms with E-state index in [-0.39, 0.29) is 11.7 Å². The van der Waals surface area contributed by atoms with Crippen molar-refractivity contribution >= 4 is 46.6 Å². The average Bonchev–Trinajstić information content (AvgIpc) is 3.19. The third-order valence-corrected chi connectivity index (χ3v) is 4.79. The number of nitrogens with one attached hydrogen (secondary N) is 1. The molecule has 1 aromatic carbocycles. The zero-order valence-electron chi connectivity index (χ0n) is 12.5. The molecule has 0 saturated heterocycles. The number of benzene rings is 1. The molecule has 0 bridgehead atoms. The lowest BCUT2D eigenvalue weighted by atomic mass is 10.3. The van der Waals surface area contributed by atoms with Crippen LogP contribution in [0.25, 0.3) is 11.6 Å². The predicted molar refractivity (Wildman–Crippen MR) is 94.5 cm³/mol. The fourth-order valence-electron chi connectivity index (χ4n) is 1.98. The number of thioether (sulfide) groups is 1. The molecule has 6 nitrogen and oxygen atoms in total. The third-order valence-electron chi connectivity index (χ3n) is 3.14. The lowest BCUT2D eigenvalue weighted by Gasteiger charge is -2.08. The van der Waals surface area contributed by atoms with Crippen LogP contribution in [0.3, 0.4) is 0 Å². The summed E-state index contributed by atoms with van der Waals surface area (Å²) >= 11 is 13.3. The predicted octanol–water partition coefficient (Wildman–Crippen LogP) is 4.11. The molecule has 2 heterocycles. The highest BCUT2D eigenvalue weighted by molar-refractivity contribution is 7.99. The SMILES string of the molecule is Cn1c(SCC(=O)Nc2c(Cl)cccc2Cl)nnc1-c1ccco1. The molecule has 124 valence electrons. The normalized spacial score (nSPS) is 10.8. The summed E-state index contributed by atoms with van der Waals surface area (Å²) in [5.41, 5.74) is 0.403. The summed E-state index contributed by atoms with van der Waals surface area (Å²) in [6.45, 7) is 0. The summed E-state index contributed by atoms with van der Waals surface area (Å²) in [6, 6.07) is 8.61. The molecule has 1 N–H and O–H groups in total. The van der Waals surface area contributed by atoms with Crippen LogP contribution in [0, 0.1) is 0 Å². The number of hydrogen-bond acceptors (Lipinski definition) is 5. The van der Waals surface area contributed by atoms with E-state index in [4.69, 9.17) is 27.6 Å². The van der Waals surface area contributed by atoms with E-state index in [9.17, 15) is 4.79 Å². The second kappa shape index (κ2) is 7.29. The topological polar surface area (TPSA) is 73.0 Å². The molecule has 2 aromatic heterocycles. The summed E-state index contributed by atoms with van der Waals surface area (Å²) in [6.07, 6.45) is 1.57. The van der Waals surface area contributed by atoms with Crippen LogP contribution in [-0.2, 0) is 11.8 Å². The molecule has 0 spiro atoms. The van der Waals surface area contributed by atoms with Crippen molar-refractivity contribution in [1.82, 2.24) is 14.8 Å². The maximum absolute atomic E-state index is 12.1. The minimum Gasteiger partial charge on any atom is -0.461 e. The van der Waals surface area contributed by atoms with Crippen LogP contribution in [-0.4, -0.2) is 26.4 Å². The van der Waals surface area contributed by atoms with Crippen LogP contribution in [0.2, 0.25) is 10.0 Å². The van der Waals surface area contributed by atoms with E-state index in [0.29, 0.717) is 32.5 Å². The third kappa shape index (κ3) is 3.58. The van der Waals surface area contributed by atoms with E-state index < -0.39 is 0 Å². The van der Waals surface area contributed by atoms with Gasteiger partial charge < -0.3 is 14.3 Å². The van der Waals surface area contributed by atoms with E-state index in [0.717, 1.165) is 0 Å². The molecule has 0 atom stereocenters. The van der Waals surface area contributed by atoms with Crippen LogP contribution in [0.1, 0.15) is 0 Å². The molecular formula is C15H12Cl2N4O2S. The van der Waals surface area contributed by atoms with Crippen molar-refractivity contribution in [2.45, 2.75) is 5.16 Å². The van der Waals surface area contributed by atoms with Crippen molar-refractivity contribution in [2.75, 3.05) is 11.1 Å². The highest BCUT2D eigenvalue weighted by Gasteiger charge is 2.15. The number of nitrogens with zero attached hydrogens (tertiary/aromatic N) is 3. The zero-order chi connectivity index (χ0) is 17.1. The van der Waals surface area contributed by atoms with Gasteiger partial charge in [0.2, 0.25) is 5.91 Å². The van der Waals surface area contributed by atoms with E-state index in [1.165, 1.54) is 11.8 Å². The van der Waals surface area contributed by atoms with Gasteiger partial charge in [0.15, 0.2) is 16.7 Å². The highest BCUT2D eigenvalue weighted by Crippen LogP contribution is 2.30. The number of anilines is 1. The van der Waals surface area contributed by atoms with Gasteiger partial charge in [-0.3, -0.25) is 4.79 Å². The smallest absolute Gasteiger partial charge is 0.234 e. The molecule has 3 rings (SSSR count). The molecule has 3 aromatic rings. The molecule has 0 unspecified atom stereocenters. The molecule has 9 heteroatoms. The van der Waals surface area contributed by atoms with Gasteiger partial charge in [-0.05, 0) is 24.3 Å². The van der Waals surface area contributed by atoms with Gasteiger partial charge in [0.05, 0.1) is 27.7 Å². The number of carbonyl (C=O) groups excluding carboxylic acids is 1. The maximum Gasteiger partial charge on any atom is 0.234 e. The Bertz CT molecular complexity index is 844. The molecular weight excluding hydrogens is 371 g/mol. The van der Waals surface area contributed by atoms with Crippen molar-refractivity contribution in [3.05, 3.63) is 46.6 Å². The van der Waals surface area contributed by atoms with Crippen molar-refractivity contribution in [3.8, 4) is 11.6 Å². The molecule has 0 aliphatic carbocycles. The maximum atomic E-state index is 12.1. The lowest BCUT2D eigenvalue weighted by Crippen LogP contribution is -2.15. The summed E-state index contributed by atoms with van der Waals surface area (Å²) < 4.78 is 7.07. The molecule has 0 radical (unpaired) electrons. The Morgan fingerprint density at radius 1 is 1.25 bits per heavy atom. The van der Waals surface area contributed by atoms with Gasteiger partial charge in [0.1, 0.15) is 0 Å². The number of halogens is 2. The molecule has 24 heavy (non-hydrogen) atoms. The Morgan fingerprint density at radius 3 is 2.67 bits per heavy atom. The number of amides is 1. The summed E-state index contributed by atoms with van der Waals surface area (Å²) in [4.78, 5) is 12.1. The fraction of sp³-hybridized carbons (Fsp3) is 0.133. The Hall–Kier alpha value is -1.96. The van der Waals surface area contributed by atoms with Crippen LogP contribution in [0.15, 0.2) is 46.2 Å². The Labute approximate surface area is 152 Å². The molecule has 0 aliphatic heterocycles. The number of furan rings is 1. The van der Waals surface area contributed by atoms with Gasteiger partial charge in [0, 0.05) is 7.05 Å². The van der Waals surface area contributed by atoms with Gasteiger partial charge in [-0.2, -0.15) is 0 Å². The molecule has 0 aliphatic rings. The van der Waals surface area contributed by atoms with Crippen molar-refractivity contribution < 1.29 is 9.21 Å². The second-order valence-electron chi connectivity index (χ2n) is 4.78. The van der Waals surface area contributed by atoms with Gasteiger partial charge >= 0.3 is 0 Å². The molecule has 1 amide bonds. The zero-order valence-corrected chi connectivity index (χ0v) is 14.8. The van der Waals surface area contributed by atoms with Crippen LogP contribution in [0.5, 0.6) is 0 Å². The van der Waals surface area contributed by atoms with Crippen molar-refractivity contribution in [3.63, 3.8) is 0 Å². The number of hydrogen-bond donors (Lipinski definition) is 1. The lowest BCUT2D eigenvalue weighted by molar-refractivity contribution is -0.113. The number of para-hydroxylation sites is 1. The summed E-state index contributed by atoms with van der Waals surface area (Å²) in [5.74, 6) is 1.12. The quantitative estimate of drug-likeness (QED) is 0.672. The first kappa shape index (κ1) is 16.9. The largest absolute Gasteiger partial charge is 0.461 e. The van der Waals surface area contributed by atoms with Crippen LogP contribution in [0.4, 0.5) is 5.69 Å². The minimum atomic E-state index is -0.238. The fourth-order valence-corrected chi connectivity index (χ4v) is 3.19. The van der Waals surface area contributed by atoms with Gasteiger partial charge in [-0.1, -0.05) is 41.0 Å². The van der Waals surface area contributed by atoms with Gasteiger partial charge in [-0.25, -0.2) is 0 Å². The first-order valence-corrected chi connectivity index (χ1v) is 8.60. The second-order valence-corrected chi connectivity index (χ2v) is 6.53. The number of aromatic nitrogens is 3. The van der Waals surface area contributed by atoms with Gasteiger partial charge in [0.25, 0.3) is 0 Å². The molecule has 0 saturated carbocycles. The van der Waals surface area contributed by atoms with Crippen LogP contribution < -0.4 is 5.32 Å². The average molecular weight is 383 g/mol. The van der Waals surface area contributed by atoms with E-state index in [2.05, 4.69) is 15.5 Å². The standard InChI is InChI=1S/C15H12Cl2N4O2S/c1-21-14(11-6-3-7-23-11)19-20-15(21)24-8-12(22)18-13-9(16)4-2-5-10(13)17/h2-7H,8H2,1H3,(H,18,22). The number of rotatable bonds is 5. The summed E-state index contributed by atoms with van der Waals surface area (Å²) in [7, 11) is 1.81. The molecule has 0 fully saturated rings. The Morgan fingerprint density at radius 2 is 2.00 bits per heavy atom. The van der Waals surface area contributed by atoms with Crippen LogP contribution >= 0.6 is 35.0 Å². The monoisotopic (exact) mass is 382 g/mol. The van der Waals surface area contributed by atoms with E-state index in [1.807, 2.05) is 7.05 Å². The first-order chi connectivity index (χ1) is 11.6. The number of carbonyl (C=O) groups is 1. The Kier molecular flexibility index (Phi) is 5.13. The van der Waals surface area contributed by atoms with Crippen molar-refractivity contribution in [2.24, 2.45) is 7.05 Å². The van der Waals surface area contributed by atoms with E-state index >= 15 is 0 Å². The Balaban J connectivity index is 1.65. The van der Waals surface area contributed by atoms with E-state index in [1.54, 1.807) is 41.2 Å². The highest BCUT2D eigenvalue weighted by atomic mass is 35.5. The van der Waals surface area contributed by atoms with Gasteiger partial charge in [-0.15, -0.1) is 10.2 Å². The minimum absolute atomic E-state index is 0.145. The summed E-state index contributed by atoms with van der Waals surface area (Å²) in [5, 5.41) is 12.2.